The molecule has 93 heavy (non-hydrogen) atoms. The Hall–Kier alpha value is -5.70. The Balaban J connectivity index is 4.60. The van der Waals surface area contributed by atoms with E-state index in [4.69, 9.17) is 0 Å². The Morgan fingerprint density at radius 2 is 1.09 bits per heavy atom. The van der Waals surface area contributed by atoms with Crippen molar-refractivity contribution in [2.45, 2.75) is 233 Å². The number of thioether (sulfide) groups is 1. The van der Waals surface area contributed by atoms with Crippen molar-refractivity contribution < 1.29 is 63.0 Å². The average Bonchev–Trinajstić information content (AvgIpc) is 0.794. The van der Waals surface area contributed by atoms with Crippen molar-refractivity contribution in [3.05, 3.63) is 12.2 Å². The van der Waals surface area contributed by atoms with Crippen LogP contribution < -0.4 is 21.3 Å². The van der Waals surface area contributed by atoms with Crippen LogP contribution in [0, 0.1) is 35.5 Å². The lowest BCUT2D eigenvalue weighted by atomic mass is 9.83. The van der Waals surface area contributed by atoms with Crippen molar-refractivity contribution in [2.75, 3.05) is 82.3 Å². The number of carbonyl (C=O) groups is 11. The number of hydrogen-bond acceptors (Lipinski definition) is 16. The molecule has 10 amide bonds. The lowest BCUT2D eigenvalue weighted by Gasteiger charge is -2.47. The Labute approximate surface area is 561 Å². The molecule has 0 aromatic heterocycles. The first kappa shape index (κ1) is 85.3. The highest BCUT2D eigenvalue weighted by Crippen LogP contribution is 2.31. The van der Waals surface area contributed by atoms with Crippen LogP contribution >= 0.6 is 11.8 Å². The lowest BCUT2D eigenvalue weighted by molar-refractivity contribution is -0.156. The summed E-state index contributed by atoms with van der Waals surface area (Å²) in [6.45, 7) is 29.2. The molecule has 1 saturated heterocycles. The van der Waals surface area contributed by atoms with E-state index in [-0.39, 0.29) is 56.4 Å². The third-order valence-corrected chi connectivity index (χ3v) is 19.0. The fourth-order valence-electron chi connectivity index (χ4n) is 11.5. The SMILES string of the molecule is CC=CCC(C)C(O)C1C(=O)NC(CC)C(=O)N(C)C(SCCN(C)C)C(=O)N(C)C(CC(C)(C)O)C(=O)NC(C(C)C)C(=O)N(C)C(CC(C)C)C(=O)NC(C)C(=O)NC(C)C(=O)N(C)C(CC(C)C)C(=O)N(C)C(CC(C)C)C(=O)N(C)C(C=O)(C(C)C)CN1C. The van der Waals surface area contributed by atoms with Gasteiger partial charge in [-0.15, -0.1) is 11.8 Å². The molecule has 1 rings (SSSR count). The van der Waals surface area contributed by atoms with Gasteiger partial charge >= 0.3 is 0 Å². The molecule has 0 aromatic rings. The number of likely N-dealkylation sites (N-methyl/N-ethyl adjacent to an activating group) is 7. The minimum absolute atomic E-state index is 0.00278. The van der Waals surface area contributed by atoms with E-state index >= 15 is 24.0 Å². The Morgan fingerprint density at radius 3 is 1.55 bits per heavy atom. The number of aliphatic hydroxyl groups excluding tert-OH is 1. The van der Waals surface area contributed by atoms with Gasteiger partial charge < -0.3 is 70.6 Å². The summed E-state index contributed by atoms with van der Waals surface area (Å²) in [6, 6.07) is -11.6. The number of carbonyl (C=O) groups excluding carboxylic acids is 11. The molecule has 534 valence electrons. The largest absolute Gasteiger partial charge is 0.391 e. The first-order valence-electron chi connectivity index (χ1n) is 33.1. The van der Waals surface area contributed by atoms with Gasteiger partial charge in [-0.25, -0.2) is 0 Å². The lowest BCUT2D eigenvalue weighted by Crippen LogP contribution is -2.67. The second kappa shape index (κ2) is 38.1. The van der Waals surface area contributed by atoms with E-state index in [2.05, 4.69) is 21.3 Å². The number of nitrogens with zero attached hydrogens (tertiary/aromatic N) is 8. The Bertz CT molecular complexity index is 2540. The van der Waals surface area contributed by atoms with Crippen LogP contribution in [0.25, 0.3) is 0 Å². The summed E-state index contributed by atoms with van der Waals surface area (Å²) >= 11 is 1.11. The van der Waals surface area contributed by atoms with Gasteiger partial charge in [0.05, 0.1) is 11.7 Å². The predicted octanol–water partition coefficient (Wildman–Crippen LogP) is 3.05. The second-order valence-corrected chi connectivity index (χ2v) is 29.9. The van der Waals surface area contributed by atoms with Crippen molar-refractivity contribution in [3.8, 4) is 0 Å². The quantitative estimate of drug-likeness (QED) is 0.0754. The first-order chi connectivity index (χ1) is 42.8. The highest BCUT2D eigenvalue weighted by atomic mass is 32.2. The molecular weight excluding hydrogens is 1210 g/mol. The van der Waals surface area contributed by atoms with E-state index in [1.165, 1.54) is 106 Å². The van der Waals surface area contributed by atoms with Crippen molar-refractivity contribution in [1.82, 2.24) is 60.5 Å². The minimum atomic E-state index is -1.73. The third kappa shape index (κ3) is 24.2. The molecule has 0 saturated carbocycles. The zero-order chi connectivity index (χ0) is 72.2. The summed E-state index contributed by atoms with van der Waals surface area (Å²) in [6.07, 6.45) is 3.20. The average molecular weight is 1340 g/mol. The van der Waals surface area contributed by atoms with E-state index in [1.807, 2.05) is 73.5 Å². The maximum absolute atomic E-state index is 15.4. The van der Waals surface area contributed by atoms with Gasteiger partial charge in [0.25, 0.3) is 5.91 Å². The van der Waals surface area contributed by atoms with Gasteiger partial charge in [0.15, 0.2) is 5.37 Å². The van der Waals surface area contributed by atoms with Gasteiger partial charge in [-0.2, -0.15) is 0 Å². The number of nitrogens with one attached hydrogen (secondary N) is 4. The molecule has 13 atom stereocenters. The minimum Gasteiger partial charge on any atom is -0.391 e. The normalized spacial score (nSPS) is 27.5. The number of aldehydes is 1. The summed E-state index contributed by atoms with van der Waals surface area (Å²) in [4.78, 5) is 174. The van der Waals surface area contributed by atoms with Gasteiger partial charge in [-0.1, -0.05) is 95.2 Å². The van der Waals surface area contributed by atoms with Crippen LogP contribution in [0.3, 0.4) is 0 Å². The highest BCUT2D eigenvalue weighted by molar-refractivity contribution is 8.00. The number of aliphatic hydroxyl groups is 2. The van der Waals surface area contributed by atoms with Crippen LogP contribution in [-0.2, 0) is 52.7 Å². The smallest absolute Gasteiger partial charge is 0.256 e. The molecule has 1 aliphatic heterocycles. The van der Waals surface area contributed by atoms with Gasteiger partial charge in [0, 0.05) is 67.5 Å². The number of amides is 10. The molecule has 1 aliphatic rings. The molecule has 1 heterocycles. The van der Waals surface area contributed by atoms with Crippen molar-refractivity contribution in [3.63, 3.8) is 0 Å². The van der Waals surface area contributed by atoms with E-state index < -0.39 is 154 Å². The topological polar surface area (TPSA) is 302 Å². The summed E-state index contributed by atoms with van der Waals surface area (Å²) < 4.78 is 0. The summed E-state index contributed by atoms with van der Waals surface area (Å²) in [7, 11) is 13.7. The zero-order valence-electron chi connectivity index (χ0n) is 61.3. The predicted molar refractivity (Wildman–Crippen MR) is 365 cm³/mol. The monoisotopic (exact) mass is 1330 g/mol. The van der Waals surface area contributed by atoms with Gasteiger partial charge in [-0.3, -0.25) is 52.8 Å². The van der Waals surface area contributed by atoms with E-state index in [1.54, 1.807) is 47.6 Å². The van der Waals surface area contributed by atoms with Gasteiger partial charge in [-0.05, 0) is 123 Å². The van der Waals surface area contributed by atoms with Gasteiger partial charge in [0.1, 0.15) is 66.2 Å². The molecule has 0 spiro atoms. The number of hydrogen-bond donors (Lipinski definition) is 6. The highest BCUT2D eigenvalue weighted by Gasteiger charge is 2.49. The Kier molecular flexibility index (Phi) is 35.0. The van der Waals surface area contributed by atoms with Crippen LogP contribution in [-0.4, -0.2) is 274 Å². The number of allylic oxidation sites excluding steroid dienone is 2. The zero-order valence-corrected chi connectivity index (χ0v) is 62.1. The number of rotatable bonds is 20. The van der Waals surface area contributed by atoms with Crippen LogP contribution in [0.1, 0.15) is 156 Å². The third-order valence-electron chi connectivity index (χ3n) is 17.7. The standard InChI is InChI=1S/C67H122N12O13S/c1-27-29-30-44(13)54(81)53-58(85)70-47(28-2)60(87)78(25)65(93-32-31-72(18)19)64(91)77(24)51(36-66(16,17)92)57(84)71-52(42(9)10)63(90)74(21)48(33-39(3)4)56(83)68-45(14)55(82)69-46(15)59(86)75(22)49(34-40(5)6)61(88)76(23)50(35-41(7)8)62(89)79(26)67(38-80,43(11)12)37-73(53)20/h27,29,38-54,65,81,92H,28,30-37H2,1-26H3,(H,68,83)(H,69,82)(H,70,85)(H,71,84). The molecule has 0 aromatic carbocycles. The van der Waals surface area contributed by atoms with E-state index in [0.29, 0.717) is 25.0 Å². The summed E-state index contributed by atoms with van der Waals surface area (Å²) in [5, 5.41) is 33.5. The molecule has 6 N–H and O–H groups in total. The second-order valence-electron chi connectivity index (χ2n) is 28.7. The van der Waals surface area contributed by atoms with Crippen LogP contribution in [0.4, 0.5) is 0 Å². The summed E-state index contributed by atoms with van der Waals surface area (Å²) in [5.41, 5.74) is -3.31. The fraction of sp³-hybridized carbons (Fsp3) is 0.806. The molecule has 0 bridgehead atoms. The molecule has 26 heteroatoms. The van der Waals surface area contributed by atoms with Crippen LogP contribution in [0.5, 0.6) is 0 Å². The van der Waals surface area contributed by atoms with Crippen molar-refractivity contribution >= 4 is 77.1 Å². The molecule has 13 unspecified atom stereocenters. The molecule has 1 fully saturated rings. The Morgan fingerprint density at radius 1 is 0.613 bits per heavy atom. The van der Waals surface area contributed by atoms with E-state index in [0.717, 1.165) is 16.7 Å². The summed E-state index contributed by atoms with van der Waals surface area (Å²) in [5.74, 6) is -9.13. The van der Waals surface area contributed by atoms with Crippen LogP contribution in [0.15, 0.2) is 12.2 Å². The van der Waals surface area contributed by atoms with Crippen LogP contribution in [0.2, 0.25) is 0 Å². The fourth-order valence-corrected chi connectivity index (χ4v) is 12.9. The van der Waals surface area contributed by atoms with E-state index in [9.17, 15) is 39.0 Å². The molecule has 25 nitrogen and oxygen atoms in total. The first-order valence-corrected chi connectivity index (χ1v) is 34.1. The molecule has 0 radical (unpaired) electrons. The van der Waals surface area contributed by atoms with Crippen molar-refractivity contribution in [1.29, 1.82) is 0 Å². The molecule has 0 aliphatic carbocycles. The van der Waals surface area contributed by atoms with Crippen molar-refractivity contribution in [2.24, 2.45) is 35.5 Å². The van der Waals surface area contributed by atoms with Gasteiger partial charge in [0.2, 0.25) is 53.2 Å². The molecular formula is C67H122N12O13S. The maximum Gasteiger partial charge on any atom is 0.256 e. The maximum atomic E-state index is 15.4.